The first-order valence-electron chi connectivity index (χ1n) is 6.22. The Bertz CT molecular complexity index is 730. The van der Waals surface area contributed by atoms with Crippen molar-refractivity contribution in [3.63, 3.8) is 0 Å². The third-order valence-electron chi connectivity index (χ3n) is 3.04. The standard InChI is InChI=1S/C14H12O6/c15-10-7-8(1-4-12(16)17)20-13-9(10)2-3-11-14(13)19-6-5-18-11/h2-3,7H,1,4-6H2,(H,16,17). The summed E-state index contributed by atoms with van der Waals surface area (Å²) in [6.07, 6.45) is 0.0614. The highest BCUT2D eigenvalue weighted by molar-refractivity contribution is 5.85. The first kappa shape index (κ1) is 12.5. The van der Waals surface area contributed by atoms with Gasteiger partial charge in [-0.2, -0.15) is 0 Å². The molecule has 2 heterocycles. The molecule has 1 aromatic heterocycles. The molecule has 0 saturated carbocycles. The molecule has 0 fully saturated rings. The molecule has 0 spiro atoms. The molecule has 1 aromatic carbocycles. The number of carbonyl (C=O) groups is 1. The fourth-order valence-corrected chi connectivity index (χ4v) is 2.12. The number of aryl methyl sites for hydroxylation is 1. The number of ether oxygens (including phenoxy) is 2. The van der Waals surface area contributed by atoms with Crippen LogP contribution in [0.1, 0.15) is 12.2 Å². The van der Waals surface area contributed by atoms with Gasteiger partial charge in [0.25, 0.3) is 0 Å². The fourth-order valence-electron chi connectivity index (χ4n) is 2.12. The first-order valence-corrected chi connectivity index (χ1v) is 6.22. The van der Waals surface area contributed by atoms with Gasteiger partial charge in [0, 0.05) is 12.5 Å². The van der Waals surface area contributed by atoms with E-state index in [0.29, 0.717) is 41.4 Å². The van der Waals surface area contributed by atoms with Gasteiger partial charge in [0.15, 0.2) is 16.8 Å². The van der Waals surface area contributed by atoms with Gasteiger partial charge in [-0.3, -0.25) is 9.59 Å². The predicted octanol–water partition coefficient (Wildman–Crippen LogP) is 1.58. The van der Waals surface area contributed by atoms with Crippen molar-refractivity contribution in [2.24, 2.45) is 0 Å². The monoisotopic (exact) mass is 276 g/mol. The minimum absolute atomic E-state index is 0.0964. The van der Waals surface area contributed by atoms with Crippen molar-refractivity contribution in [3.05, 3.63) is 34.2 Å². The Labute approximate surface area is 113 Å². The summed E-state index contributed by atoms with van der Waals surface area (Å²) >= 11 is 0. The van der Waals surface area contributed by atoms with Crippen LogP contribution in [0.15, 0.2) is 27.4 Å². The smallest absolute Gasteiger partial charge is 0.303 e. The van der Waals surface area contributed by atoms with Gasteiger partial charge in [-0.1, -0.05) is 0 Å². The maximum Gasteiger partial charge on any atom is 0.303 e. The number of benzene rings is 1. The SMILES string of the molecule is O=C(O)CCc1cc(=O)c2ccc3c(c2o1)OCCO3. The van der Waals surface area contributed by atoms with Gasteiger partial charge in [0.1, 0.15) is 19.0 Å². The van der Waals surface area contributed by atoms with Crippen LogP contribution in [0, 0.1) is 0 Å². The Morgan fingerprint density at radius 3 is 2.85 bits per heavy atom. The van der Waals surface area contributed by atoms with E-state index >= 15 is 0 Å². The van der Waals surface area contributed by atoms with E-state index in [4.69, 9.17) is 19.0 Å². The molecule has 2 aromatic rings. The number of rotatable bonds is 3. The van der Waals surface area contributed by atoms with Crippen LogP contribution in [0.4, 0.5) is 0 Å². The van der Waals surface area contributed by atoms with Crippen LogP contribution in [0.25, 0.3) is 11.0 Å². The van der Waals surface area contributed by atoms with Crippen LogP contribution in [-0.2, 0) is 11.2 Å². The predicted molar refractivity (Wildman–Crippen MR) is 69.4 cm³/mol. The number of carboxylic acid groups (broad SMARTS) is 1. The molecule has 6 heteroatoms. The summed E-state index contributed by atoms with van der Waals surface area (Å²) in [6, 6.07) is 4.61. The largest absolute Gasteiger partial charge is 0.486 e. The van der Waals surface area contributed by atoms with E-state index in [2.05, 4.69) is 0 Å². The van der Waals surface area contributed by atoms with Crippen molar-refractivity contribution in [3.8, 4) is 11.5 Å². The molecular formula is C14H12O6. The maximum absolute atomic E-state index is 12.0. The van der Waals surface area contributed by atoms with E-state index in [1.807, 2.05) is 0 Å². The van der Waals surface area contributed by atoms with Gasteiger partial charge in [-0.05, 0) is 12.1 Å². The van der Waals surface area contributed by atoms with Gasteiger partial charge in [0.05, 0.1) is 11.8 Å². The zero-order chi connectivity index (χ0) is 14.1. The third kappa shape index (κ3) is 2.20. The summed E-state index contributed by atoms with van der Waals surface area (Å²) in [5, 5.41) is 9.08. The molecule has 6 nitrogen and oxygen atoms in total. The minimum atomic E-state index is -0.942. The van der Waals surface area contributed by atoms with E-state index < -0.39 is 5.97 Å². The second-order valence-electron chi connectivity index (χ2n) is 4.44. The highest BCUT2D eigenvalue weighted by atomic mass is 16.6. The van der Waals surface area contributed by atoms with E-state index in [0.717, 1.165) is 0 Å². The summed E-state index contributed by atoms with van der Waals surface area (Å²) in [5.74, 6) is 0.320. The van der Waals surface area contributed by atoms with Crippen molar-refractivity contribution in [2.75, 3.05) is 13.2 Å². The summed E-state index contributed by atoms with van der Waals surface area (Å²) < 4.78 is 16.5. The molecule has 0 aliphatic carbocycles. The number of hydrogen-bond acceptors (Lipinski definition) is 5. The van der Waals surface area contributed by atoms with Gasteiger partial charge in [0.2, 0.25) is 5.75 Å². The highest BCUT2D eigenvalue weighted by Gasteiger charge is 2.19. The summed E-state index contributed by atoms with van der Waals surface area (Å²) in [6.45, 7) is 0.830. The molecule has 0 bridgehead atoms. The maximum atomic E-state index is 12.0. The average molecular weight is 276 g/mol. The second-order valence-corrected chi connectivity index (χ2v) is 4.44. The Hall–Kier alpha value is -2.50. The molecule has 0 saturated heterocycles. The van der Waals surface area contributed by atoms with Crippen molar-refractivity contribution < 1.29 is 23.8 Å². The van der Waals surface area contributed by atoms with Gasteiger partial charge in [-0.25, -0.2) is 0 Å². The van der Waals surface area contributed by atoms with E-state index in [1.54, 1.807) is 12.1 Å². The topological polar surface area (TPSA) is 86.0 Å². The lowest BCUT2D eigenvalue weighted by Gasteiger charge is -2.19. The van der Waals surface area contributed by atoms with Crippen LogP contribution in [0.5, 0.6) is 11.5 Å². The van der Waals surface area contributed by atoms with Crippen molar-refractivity contribution in [2.45, 2.75) is 12.8 Å². The van der Waals surface area contributed by atoms with Crippen LogP contribution < -0.4 is 14.9 Å². The summed E-state index contributed by atoms with van der Waals surface area (Å²) in [7, 11) is 0. The Morgan fingerprint density at radius 1 is 1.25 bits per heavy atom. The van der Waals surface area contributed by atoms with Crippen molar-refractivity contribution in [1.82, 2.24) is 0 Å². The van der Waals surface area contributed by atoms with Gasteiger partial charge in [-0.15, -0.1) is 0 Å². The molecule has 0 amide bonds. The molecule has 0 atom stereocenters. The number of fused-ring (bicyclic) bond motifs is 3. The van der Waals surface area contributed by atoms with Gasteiger partial charge < -0.3 is 19.0 Å². The minimum Gasteiger partial charge on any atom is -0.486 e. The van der Waals surface area contributed by atoms with Crippen molar-refractivity contribution >= 4 is 16.9 Å². The van der Waals surface area contributed by atoms with Crippen molar-refractivity contribution in [1.29, 1.82) is 0 Å². The van der Waals surface area contributed by atoms with Crippen LogP contribution in [0.2, 0.25) is 0 Å². The normalized spacial score (nSPS) is 13.4. The first-order chi connectivity index (χ1) is 9.65. The molecule has 1 aliphatic rings. The Kier molecular flexibility index (Phi) is 3.06. The summed E-state index contributed by atoms with van der Waals surface area (Å²) in [5.41, 5.74) is 0.0960. The Morgan fingerprint density at radius 2 is 2.05 bits per heavy atom. The molecule has 1 N–H and O–H groups in total. The molecule has 0 unspecified atom stereocenters. The third-order valence-corrected chi connectivity index (χ3v) is 3.04. The quantitative estimate of drug-likeness (QED) is 0.916. The molecule has 0 radical (unpaired) electrons. The average Bonchev–Trinajstić information content (AvgIpc) is 2.45. The highest BCUT2D eigenvalue weighted by Crippen LogP contribution is 2.36. The van der Waals surface area contributed by atoms with Crippen LogP contribution in [-0.4, -0.2) is 24.3 Å². The number of hydrogen-bond donors (Lipinski definition) is 1. The van der Waals surface area contributed by atoms with Crippen LogP contribution in [0.3, 0.4) is 0 Å². The number of aliphatic carboxylic acids is 1. The lowest BCUT2D eigenvalue weighted by atomic mass is 10.1. The molecule has 3 rings (SSSR count). The molecular weight excluding hydrogens is 264 g/mol. The lowest BCUT2D eigenvalue weighted by molar-refractivity contribution is -0.137. The molecule has 1 aliphatic heterocycles. The van der Waals surface area contributed by atoms with E-state index in [1.165, 1.54) is 6.07 Å². The van der Waals surface area contributed by atoms with Gasteiger partial charge >= 0.3 is 5.97 Å². The summed E-state index contributed by atoms with van der Waals surface area (Å²) in [4.78, 5) is 22.6. The number of carboxylic acids is 1. The molecule has 104 valence electrons. The van der Waals surface area contributed by atoms with Crippen LogP contribution >= 0.6 is 0 Å². The fraction of sp³-hybridized carbons (Fsp3) is 0.286. The Balaban J connectivity index is 2.12. The zero-order valence-electron chi connectivity index (χ0n) is 10.5. The zero-order valence-corrected chi connectivity index (χ0v) is 10.5. The molecule has 20 heavy (non-hydrogen) atoms. The van der Waals surface area contributed by atoms with E-state index in [-0.39, 0.29) is 18.3 Å². The lowest BCUT2D eigenvalue weighted by Crippen LogP contribution is -2.16. The second kappa shape index (κ2) is 4.88. The van der Waals surface area contributed by atoms with E-state index in [9.17, 15) is 9.59 Å².